The third-order valence-electron chi connectivity index (χ3n) is 4.31. The summed E-state index contributed by atoms with van der Waals surface area (Å²) in [4.78, 5) is 15.7. The lowest BCUT2D eigenvalue weighted by atomic mass is 10.1. The summed E-state index contributed by atoms with van der Waals surface area (Å²) in [7, 11) is 3.25. The van der Waals surface area contributed by atoms with Crippen molar-refractivity contribution in [1.29, 1.82) is 0 Å². The van der Waals surface area contributed by atoms with E-state index >= 15 is 0 Å². The highest BCUT2D eigenvalue weighted by Crippen LogP contribution is 2.36. The predicted molar refractivity (Wildman–Crippen MR) is 118 cm³/mol. The molecule has 1 heterocycles. The maximum Gasteiger partial charge on any atom is 0.280 e. The number of para-hydroxylation sites is 1. The van der Waals surface area contributed by atoms with Gasteiger partial charge in [0.15, 0.2) is 0 Å². The second-order valence-electron chi connectivity index (χ2n) is 6.86. The lowest BCUT2D eigenvalue weighted by molar-refractivity contribution is -0.840. The van der Waals surface area contributed by atoms with Crippen molar-refractivity contribution in [3.63, 3.8) is 0 Å². The minimum absolute atomic E-state index is 0. The van der Waals surface area contributed by atoms with Crippen LogP contribution in [0.25, 0.3) is 21.8 Å². The molecule has 3 rings (SSSR count). The van der Waals surface area contributed by atoms with Gasteiger partial charge in [-0.25, -0.2) is 4.98 Å². The number of benzene rings is 2. The van der Waals surface area contributed by atoms with Gasteiger partial charge >= 0.3 is 0 Å². The summed E-state index contributed by atoms with van der Waals surface area (Å²) in [6.07, 6.45) is 1.59. The highest BCUT2D eigenvalue weighted by molar-refractivity contribution is 6.11. The molecule has 7 nitrogen and oxygen atoms in total. The maximum absolute atomic E-state index is 11.6. The maximum atomic E-state index is 11.6. The smallest absolute Gasteiger partial charge is 0.280 e. The van der Waals surface area contributed by atoms with Crippen molar-refractivity contribution in [1.82, 2.24) is 4.98 Å². The van der Waals surface area contributed by atoms with E-state index in [1.54, 1.807) is 26.2 Å². The Morgan fingerprint density at radius 3 is 2.39 bits per heavy atom. The Kier molecular flexibility index (Phi) is 8.38. The highest BCUT2D eigenvalue weighted by atomic mass is 35.5. The molecular formula is C19H24Cl2N4O3. The molecule has 0 spiro atoms. The number of fused-ring (bicyclic) bond motifs is 2. The van der Waals surface area contributed by atoms with Crippen molar-refractivity contribution in [2.45, 2.75) is 12.8 Å². The van der Waals surface area contributed by atoms with Crippen LogP contribution in [0.3, 0.4) is 0 Å². The predicted octanol–water partition coefficient (Wildman–Crippen LogP) is 4.91. The number of quaternary nitrogens is 1. The van der Waals surface area contributed by atoms with Crippen LogP contribution in [0, 0.1) is 15.3 Å². The number of nitro benzene ring substituents is 1. The van der Waals surface area contributed by atoms with Gasteiger partial charge in [-0.2, -0.15) is 0 Å². The number of aromatic nitrogens is 1. The first kappa shape index (κ1) is 23.8. The summed E-state index contributed by atoms with van der Waals surface area (Å²) < 4.78 is -0.313. The fourth-order valence-electron chi connectivity index (χ4n) is 3.09. The molecule has 0 amide bonds. The van der Waals surface area contributed by atoms with Gasteiger partial charge in [0, 0.05) is 18.0 Å². The lowest BCUT2D eigenvalue weighted by Crippen LogP contribution is -2.33. The molecule has 28 heavy (non-hydrogen) atoms. The number of nitrogens with zero attached hydrogens (tertiary/aromatic N) is 3. The third kappa shape index (κ3) is 5.42. The SMILES string of the molecule is C[N+](C)([O-])CCCCNc1c2ccccc2nc2cccc([N+](=O)[O-])c12.Cl.Cl. The average molecular weight is 427 g/mol. The minimum atomic E-state index is -0.374. The fraction of sp³-hybridized carbons (Fsp3) is 0.316. The Bertz CT molecular complexity index is 961. The van der Waals surface area contributed by atoms with Gasteiger partial charge in [-0.15, -0.1) is 24.8 Å². The number of nitrogens with one attached hydrogen (secondary N) is 1. The van der Waals surface area contributed by atoms with Gasteiger partial charge in [0.1, 0.15) is 5.39 Å². The fourth-order valence-corrected chi connectivity index (χ4v) is 3.09. The Labute approximate surface area is 175 Å². The molecule has 0 bridgehead atoms. The first-order chi connectivity index (χ1) is 12.4. The number of hydrogen-bond donors (Lipinski definition) is 1. The molecule has 9 heteroatoms. The number of halogens is 2. The van der Waals surface area contributed by atoms with Crippen LogP contribution in [-0.4, -0.2) is 41.7 Å². The summed E-state index contributed by atoms with van der Waals surface area (Å²) >= 11 is 0. The number of unbranched alkanes of at least 4 members (excludes halogenated alkanes) is 1. The minimum Gasteiger partial charge on any atom is -0.633 e. The van der Waals surface area contributed by atoms with E-state index in [4.69, 9.17) is 0 Å². The molecule has 3 aromatic rings. The number of anilines is 1. The van der Waals surface area contributed by atoms with Gasteiger partial charge in [-0.1, -0.05) is 24.3 Å². The van der Waals surface area contributed by atoms with Crippen molar-refractivity contribution >= 4 is 58.0 Å². The molecule has 0 aliphatic heterocycles. The molecule has 0 fully saturated rings. The van der Waals surface area contributed by atoms with Gasteiger partial charge < -0.3 is 15.2 Å². The van der Waals surface area contributed by atoms with Gasteiger partial charge in [0.05, 0.1) is 42.3 Å². The molecule has 0 atom stereocenters. The molecule has 152 valence electrons. The molecule has 1 aromatic heterocycles. The first-order valence-electron chi connectivity index (χ1n) is 8.60. The molecule has 0 radical (unpaired) electrons. The molecule has 0 unspecified atom stereocenters. The zero-order valence-corrected chi connectivity index (χ0v) is 17.4. The summed E-state index contributed by atoms with van der Waals surface area (Å²) in [6, 6.07) is 12.6. The first-order valence-corrected chi connectivity index (χ1v) is 8.60. The van der Waals surface area contributed by atoms with Crippen molar-refractivity contribution in [2.24, 2.45) is 0 Å². The quantitative estimate of drug-likeness (QED) is 0.190. The number of hydrogen-bond acceptors (Lipinski definition) is 5. The van der Waals surface area contributed by atoms with E-state index in [-0.39, 0.29) is 40.1 Å². The van der Waals surface area contributed by atoms with Gasteiger partial charge in [0.25, 0.3) is 5.69 Å². The van der Waals surface area contributed by atoms with E-state index in [1.165, 1.54) is 6.07 Å². The van der Waals surface area contributed by atoms with Gasteiger partial charge in [-0.3, -0.25) is 10.1 Å². The van der Waals surface area contributed by atoms with Crippen LogP contribution >= 0.6 is 24.8 Å². The number of rotatable bonds is 7. The molecule has 1 N–H and O–H groups in total. The molecule has 0 saturated heterocycles. The van der Waals surface area contributed by atoms with Crippen LogP contribution in [0.4, 0.5) is 11.4 Å². The summed E-state index contributed by atoms with van der Waals surface area (Å²) in [6.45, 7) is 1.18. The van der Waals surface area contributed by atoms with E-state index in [2.05, 4.69) is 10.3 Å². The van der Waals surface area contributed by atoms with E-state index in [0.29, 0.717) is 24.0 Å². The van der Waals surface area contributed by atoms with Crippen LogP contribution in [0.5, 0.6) is 0 Å². The molecular weight excluding hydrogens is 403 g/mol. The summed E-state index contributed by atoms with van der Waals surface area (Å²) in [5.74, 6) is 0. The van der Waals surface area contributed by atoms with E-state index < -0.39 is 0 Å². The number of hydroxylamine groups is 3. The Balaban J connectivity index is 0.00000196. The van der Waals surface area contributed by atoms with Gasteiger partial charge in [0.2, 0.25) is 0 Å². The van der Waals surface area contributed by atoms with Crippen LogP contribution in [0.2, 0.25) is 0 Å². The highest BCUT2D eigenvalue weighted by Gasteiger charge is 2.18. The van der Waals surface area contributed by atoms with E-state index in [9.17, 15) is 15.3 Å². The monoisotopic (exact) mass is 426 g/mol. The topological polar surface area (TPSA) is 91.1 Å². The molecule has 0 aliphatic carbocycles. The summed E-state index contributed by atoms with van der Waals surface area (Å²) in [5.41, 5.74) is 2.16. The van der Waals surface area contributed by atoms with Crippen molar-refractivity contribution in [3.05, 3.63) is 57.8 Å². The normalized spacial score (nSPS) is 11.0. The van der Waals surface area contributed by atoms with E-state index in [1.807, 2.05) is 24.3 Å². The number of pyridine rings is 1. The molecule has 0 aliphatic rings. The zero-order chi connectivity index (χ0) is 18.7. The Morgan fingerprint density at radius 2 is 1.71 bits per heavy atom. The average Bonchev–Trinajstić information content (AvgIpc) is 2.59. The zero-order valence-electron chi connectivity index (χ0n) is 15.8. The summed E-state index contributed by atoms with van der Waals surface area (Å²) in [5, 5.41) is 27.9. The lowest BCUT2D eigenvalue weighted by Gasteiger charge is -2.33. The number of nitro groups is 1. The van der Waals surface area contributed by atoms with Crippen molar-refractivity contribution in [3.8, 4) is 0 Å². The third-order valence-corrected chi connectivity index (χ3v) is 4.31. The second kappa shape index (κ2) is 9.84. The molecule has 2 aromatic carbocycles. The van der Waals surface area contributed by atoms with Crippen molar-refractivity contribution < 1.29 is 9.57 Å². The standard InChI is InChI=1S/C19H22N4O3.2ClH/c1-23(2,26)13-6-5-12-20-19-14-8-3-4-9-15(14)21-16-10-7-11-17(18(16)19)22(24)25;;/h3-4,7-11H,5-6,12-13H2,1-2H3,(H,20,21);2*1H. The second-order valence-corrected chi connectivity index (χ2v) is 6.86. The molecule has 0 saturated carbocycles. The van der Waals surface area contributed by atoms with Crippen LogP contribution in [0.15, 0.2) is 42.5 Å². The number of non-ortho nitro benzene ring substituents is 1. The Morgan fingerprint density at radius 1 is 1.04 bits per heavy atom. The van der Waals surface area contributed by atoms with E-state index in [0.717, 1.165) is 29.4 Å². The Hall–Kier alpha value is -2.19. The van der Waals surface area contributed by atoms with Crippen LogP contribution < -0.4 is 5.32 Å². The van der Waals surface area contributed by atoms with Gasteiger partial charge in [-0.05, 0) is 25.0 Å². The van der Waals surface area contributed by atoms with Crippen molar-refractivity contribution in [2.75, 3.05) is 32.5 Å². The van der Waals surface area contributed by atoms with Crippen LogP contribution in [0.1, 0.15) is 12.8 Å². The van der Waals surface area contributed by atoms with Crippen LogP contribution in [-0.2, 0) is 0 Å². The largest absolute Gasteiger partial charge is 0.633 e.